The molecule has 1 aliphatic heterocycles. The van der Waals surface area contributed by atoms with E-state index in [4.69, 9.17) is 0 Å². The molecule has 1 N–H and O–H groups in total. The second kappa shape index (κ2) is 9.52. The van der Waals surface area contributed by atoms with Gasteiger partial charge in [-0.15, -0.1) is 5.10 Å². The van der Waals surface area contributed by atoms with Crippen LogP contribution in [-0.4, -0.2) is 55.5 Å². The molecular weight excluding hydrogens is 414 g/mol. The molecule has 0 spiro atoms. The van der Waals surface area contributed by atoms with Crippen LogP contribution in [0.25, 0.3) is 5.69 Å². The maximum atomic E-state index is 12.5. The minimum Gasteiger partial charge on any atom is -0.326 e. The third kappa shape index (κ3) is 4.97. The quantitative estimate of drug-likeness (QED) is 0.572. The zero-order valence-corrected chi connectivity index (χ0v) is 17.7. The first-order valence-electron chi connectivity index (χ1n) is 9.80. The van der Waals surface area contributed by atoms with Crippen molar-refractivity contribution in [1.29, 1.82) is 0 Å². The van der Waals surface area contributed by atoms with Crippen LogP contribution in [0, 0.1) is 0 Å². The monoisotopic (exact) mass is 435 g/mol. The lowest BCUT2D eigenvalue weighted by atomic mass is 10.1. The lowest BCUT2D eigenvalue weighted by Gasteiger charge is -2.11. The average Bonchev–Trinajstić information content (AvgIpc) is 3.48. The van der Waals surface area contributed by atoms with Gasteiger partial charge in [-0.25, -0.2) is 5.01 Å². The molecule has 0 aliphatic carbocycles. The molecule has 2 heterocycles. The van der Waals surface area contributed by atoms with Gasteiger partial charge in [0.25, 0.3) is 0 Å². The molecule has 2 aromatic carbocycles. The molecule has 0 saturated heterocycles. The van der Waals surface area contributed by atoms with Crippen molar-refractivity contribution < 1.29 is 9.59 Å². The number of tetrazole rings is 1. The molecule has 9 nitrogen and oxygen atoms in total. The van der Waals surface area contributed by atoms with Crippen molar-refractivity contribution in [3.63, 3.8) is 0 Å². The smallest absolute Gasteiger partial charge is 0.243 e. The molecule has 0 saturated carbocycles. The molecule has 1 aliphatic rings. The number of thioether (sulfide) groups is 1. The Balaban J connectivity index is 1.32. The Morgan fingerprint density at radius 1 is 1.10 bits per heavy atom. The number of hydrogen-bond donors (Lipinski definition) is 1. The number of benzene rings is 2. The normalized spacial score (nSPS) is 13.2. The van der Waals surface area contributed by atoms with E-state index >= 15 is 0 Å². The first kappa shape index (κ1) is 20.7. The standard InChI is InChI=1S/C21H21N7O2S/c1-31-21-23-25-26-28(21)17-9-5-8-16(14-17)22-19(29)10-11-20(30)27-13-12-18(24-27)15-6-3-2-4-7-15/h2-9,14H,10-13H2,1H3,(H,22,29). The molecule has 1 aromatic heterocycles. The predicted molar refractivity (Wildman–Crippen MR) is 118 cm³/mol. The zero-order chi connectivity index (χ0) is 21.6. The van der Waals surface area contributed by atoms with Crippen LogP contribution in [0.2, 0.25) is 0 Å². The highest BCUT2D eigenvalue weighted by Crippen LogP contribution is 2.19. The van der Waals surface area contributed by atoms with Gasteiger partial charge >= 0.3 is 0 Å². The van der Waals surface area contributed by atoms with Gasteiger partial charge in [-0.2, -0.15) is 9.78 Å². The third-order valence-electron chi connectivity index (χ3n) is 4.76. The minimum absolute atomic E-state index is 0.0801. The van der Waals surface area contributed by atoms with Gasteiger partial charge in [-0.05, 0) is 40.4 Å². The summed E-state index contributed by atoms with van der Waals surface area (Å²) in [6.45, 7) is 0.538. The fourth-order valence-electron chi connectivity index (χ4n) is 3.23. The van der Waals surface area contributed by atoms with Gasteiger partial charge in [0.15, 0.2) is 0 Å². The summed E-state index contributed by atoms with van der Waals surface area (Å²) in [4.78, 5) is 24.8. The molecular formula is C21H21N7O2S. The van der Waals surface area contributed by atoms with E-state index in [2.05, 4.69) is 25.9 Å². The van der Waals surface area contributed by atoms with Gasteiger partial charge in [0.2, 0.25) is 17.0 Å². The van der Waals surface area contributed by atoms with E-state index in [9.17, 15) is 9.59 Å². The minimum atomic E-state index is -0.237. The Morgan fingerprint density at radius 3 is 2.74 bits per heavy atom. The highest BCUT2D eigenvalue weighted by molar-refractivity contribution is 7.98. The van der Waals surface area contributed by atoms with Gasteiger partial charge in [-0.1, -0.05) is 48.2 Å². The van der Waals surface area contributed by atoms with Crippen LogP contribution >= 0.6 is 11.8 Å². The topological polar surface area (TPSA) is 105 Å². The van der Waals surface area contributed by atoms with E-state index in [0.717, 1.165) is 17.0 Å². The number of carbonyl (C=O) groups excluding carboxylic acids is 2. The van der Waals surface area contributed by atoms with E-state index in [1.807, 2.05) is 48.7 Å². The largest absolute Gasteiger partial charge is 0.326 e. The van der Waals surface area contributed by atoms with Crippen LogP contribution < -0.4 is 5.32 Å². The molecule has 0 atom stereocenters. The number of anilines is 1. The Labute approximate surface area is 183 Å². The summed E-state index contributed by atoms with van der Waals surface area (Å²) in [5.41, 5.74) is 3.26. The van der Waals surface area contributed by atoms with Crippen LogP contribution in [-0.2, 0) is 9.59 Å². The zero-order valence-electron chi connectivity index (χ0n) is 16.9. The Bertz CT molecular complexity index is 1110. The Hall–Kier alpha value is -3.53. The van der Waals surface area contributed by atoms with Crippen molar-refractivity contribution in [2.24, 2.45) is 5.10 Å². The summed E-state index contributed by atoms with van der Waals surface area (Å²) >= 11 is 1.43. The first-order chi connectivity index (χ1) is 15.1. The van der Waals surface area contributed by atoms with Crippen molar-refractivity contribution in [2.45, 2.75) is 24.4 Å². The number of hydrazone groups is 1. The van der Waals surface area contributed by atoms with Crippen LogP contribution in [0.3, 0.4) is 0 Å². The number of hydrogen-bond acceptors (Lipinski definition) is 7. The van der Waals surface area contributed by atoms with Crippen molar-refractivity contribution in [2.75, 3.05) is 18.1 Å². The summed E-state index contributed by atoms with van der Waals surface area (Å²) in [5, 5.41) is 20.9. The van der Waals surface area contributed by atoms with Gasteiger partial charge in [-0.3, -0.25) is 9.59 Å². The molecule has 31 heavy (non-hydrogen) atoms. The summed E-state index contributed by atoms with van der Waals surface area (Å²) in [6.07, 6.45) is 2.78. The highest BCUT2D eigenvalue weighted by atomic mass is 32.2. The van der Waals surface area contributed by atoms with Crippen molar-refractivity contribution in [1.82, 2.24) is 25.2 Å². The lowest BCUT2D eigenvalue weighted by Crippen LogP contribution is -2.25. The molecule has 3 aromatic rings. The van der Waals surface area contributed by atoms with Crippen LogP contribution in [0.5, 0.6) is 0 Å². The van der Waals surface area contributed by atoms with Crippen molar-refractivity contribution in [3.05, 3.63) is 60.2 Å². The molecule has 158 valence electrons. The highest BCUT2D eigenvalue weighted by Gasteiger charge is 2.22. The van der Waals surface area contributed by atoms with Crippen LogP contribution in [0.4, 0.5) is 5.69 Å². The molecule has 10 heteroatoms. The molecule has 0 unspecified atom stereocenters. The fourth-order valence-corrected chi connectivity index (χ4v) is 3.66. The second-order valence-corrected chi connectivity index (χ2v) is 7.63. The Morgan fingerprint density at radius 2 is 1.94 bits per heavy atom. The SMILES string of the molecule is CSc1nnnn1-c1cccc(NC(=O)CCC(=O)N2CCC(c3ccccc3)=N2)c1. The number of nitrogens with zero attached hydrogens (tertiary/aromatic N) is 6. The number of carbonyl (C=O) groups is 2. The molecule has 0 bridgehead atoms. The number of rotatable bonds is 7. The van der Waals surface area contributed by atoms with E-state index in [1.165, 1.54) is 16.8 Å². The fraction of sp³-hybridized carbons (Fsp3) is 0.238. The Kier molecular flexibility index (Phi) is 6.37. The van der Waals surface area contributed by atoms with E-state index in [1.54, 1.807) is 16.8 Å². The maximum Gasteiger partial charge on any atom is 0.243 e. The van der Waals surface area contributed by atoms with Gasteiger partial charge in [0.05, 0.1) is 17.9 Å². The summed E-state index contributed by atoms with van der Waals surface area (Å²) in [6, 6.07) is 17.0. The molecule has 0 fully saturated rings. The molecule has 0 radical (unpaired) electrons. The summed E-state index contributed by atoms with van der Waals surface area (Å²) < 4.78 is 1.60. The predicted octanol–water partition coefficient (Wildman–Crippen LogP) is 2.74. The van der Waals surface area contributed by atoms with Crippen molar-refractivity contribution in [3.8, 4) is 5.69 Å². The summed E-state index contributed by atoms with van der Waals surface area (Å²) in [5.74, 6) is -0.396. The van der Waals surface area contributed by atoms with Gasteiger partial charge < -0.3 is 5.32 Å². The lowest BCUT2D eigenvalue weighted by molar-refractivity contribution is -0.132. The van der Waals surface area contributed by atoms with Crippen LogP contribution in [0.15, 0.2) is 64.9 Å². The van der Waals surface area contributed by atoms with Gasteiger partial charge in [0, 0.05) is 24.9 Å². The van der Waals surface area contributed by atoms with Crippen LogP contribution in [0.1, 0.15) is 24.8 Å². The number of nitrogens with one attached hydrogen (secondary N) is 1. The average molecular weight is 436 g/mol. The first-order valence-corrected chi connectivity index (χ1v) is 11.0. The van der Waals surface area contributed by atoms with Crippen molar-refractivity contribution >= 4 is 35.0 Å². The van der Waals surface area contributed by atoms with Gasteiger partial charge in [0.1, 0.15) is 0 Å². The third-order valence-corrected chi connectivity index (χ3v) is 5.38. The number of aromatic nitrogens is 4. The second-order valence-electron chi connectivity index (χ2n) is 6.86. The maximum absolute atomic E-state index is 12.5. The molecule has 4 rings (SSSR count). The summed E-state index contributed by atoms with van der Waals surface area (Å²) in [7, 11) is 0. The van der Waals surface area contributed by atoms with E-state index in [0.29, 0.717) is 23.8 Å². The van der Waals surface area contributed by atoms with E-state index < -0.39 is 0 Å². The molecule has 2 amide bonds. The number of amides is 2. The van der Waals surface area contributed by atoms with E-state index in [-0.39, 0.29) is 24.7 Å².